The molecule has 3 aliphatic heterocycles. The maximum atomic E-state index is 13.7. The van der Waals surface area contributed by atoms with Crippen LogP contribution in [0.25, 0.3) is 0 Å². The van der Waals surface area contributed by atoms with Gasteiger partial charge < -0.3 is 4.90 Å². The van der Waals surface area contributed by atoms with E-state index < -0.39 is 0 Å². The summed E-state index contributed by atoms with van der Waals surface area (Å²) in [5.74, 6) is 0.880. The Balaban J connectivity index is 1.43. The number of carbonyl (C=O) groups is 1. The maximum Gasteiger partial charge on any atom is 0.259 e. The van der Waals surface area contributed by atoms with Gasteiger partial charge in [0.1, 0.15) is 0 Å². The fraction of sp³-hybridized carbons (Fsp3) is 0.333. The second-order valence-electron chi connectivity index (χ2n) is 9.20. The Morgan fingerprint density at radius 1 is 0.906 bits per heavy atom. The van der Waals surface area contributed by atoms with Crippen LogP contribution < -0.4 is 0 Å². The van der Waals surface area contributed by atoms with Crippen molar-refractivity contribution in [1.29, 1.82) is 0 Å². The third-order valence-electron chi connectivity index (χ3n) is 6.52. The Bertz CT molecular complexity index is 1110. The van der Waals surface area contributed by atoms with Gasteiger partial charge in [-0.2, -0.15) is 0 Å². The predicted molar refractivity (Wildman–Crippen MR) is 128 cm³/mol. The zero-order valence-electron chi connectivity index (χ0n) is 19.0. The van der Waals surface area contributed by atoms with Crippen LogP contribution in [0, 0.1) is 13.8 Å². The van der Waals surface area contributed by atoms with Crippen LogP contribution in [0.5, 0.6) is 0 Å². The zero-order chi connectivity index (χ0) is 22.2. The van der Waals surface area contributed by atoms with E-state index in [9.17, 15) is 4.79 Å². The molecule has 0 radical (unpaired) electrons. The first kappa shape index (κ1) is 20.7. The minimum absolute atomic E-state index is 0.0942. The van der Waals surface area contributed by atoms with Crippen LogP contribution in [0.3, 0.4) is 0 Å². The van der Waals surface area contributed by atoms with Crippen LogP contribution in [0.2, 0.25) is 0 Å². The Morgan fingerprint density at radius 3 is 2.19 bits per heavy atom. The number of aryl methyl sites for hydroxylation is 2. The molecule has 5 nitrogen and oxygen atoms in total. The fourth-order valence-corrected chi connectivity index (χ4v) is 4.72. The first-order chi connectivity index (χ1) is 15.5. The third-order valence-corrected chi connectivity index (χ3v) is 6.52. The van der Waals surface area contributed by atoms with Crippen LogP contribution in [-0.4, -0.2) is 52.7 Å². The molecule has 5 rings (SSSR count). The van der Waals surface area contributed by atoms with E-state index in [0.717, 1.165) is 54.4 Å². The number of hydrogen-bond acceptors (Lipinski definition) is 4. The van der Waals surface area contributed by atoms with Gasteiger partial charge in [-0.3, -0.25) is 14.6 Å². The van der Waals surface area contributed by atoms with Gasteiger partial charge in [0.05, 0.1) is 18.7 Å². The van der Waals surface area contributed by atoms with E-state index in [2.05, 4.69) is 78.8 Å². The van der Waals surface area contributed by atoms with Crippen molar-refractivity contribution in [2.24, 2.45) is 4.99 Å². The molecule has 2 aromatic rings. The number of guanidine groups is 1. The number of fused-ring (bicyclic) bond motifs is 2. The van der Waals surface area contributed by atoms with Crippen molar-refractivity contribution < 1.29 is 4.79 Å². The quantitative estimate of drug-likeness (QED) is 0.693. The molecule has 0 bridgehead atoms. The molecule has 1 amide bonds. The summed E-state index contributed by atoms with van der Waals surface area (Å²) >= 11 is 0. The average Bonchev–Trinajstić information content (AvgIpc) is 2.79. The Kier molecular flexibility index (Phi) is 5.43. The number of benzene rings is 2. The molecule has 0 spiro atoms. The Hall–Kier alpha value is -3.18. The van der Waals surface area contributed by atoms with Crippen molar-refractivity contribution in [3.8, 4) is 0 Å². The number of amides is 1. The lowest BCUT2D eigenvalue weighted by Crippen LogP contribution is -2.56. The van der Waals surface area contributed by atoms with Crippen LogP contribution in [0.4, 0.5) is 0 Å². The third kappa shape index (κ3) is 4.00. The molecule has 0 aliphatic carbocycles. The molecule has 32 heavy (non-hydrogen) atoms. The predicted octanol–water partition coefficient (Wildman–Crippen LogP) is 4.03. The lowest BCUT2D eigenvalue weighted by molar-refractivity contribution is -0.125. The van der Waals surface area contributed by atoms with E-state index in [0.29, 0.717) is 19.6 Å². The molecule has 0 N–H and O–H groups in total. The average molecular weight is 427 g/mol. The number of aliphatic imine (C=N–C) groups is 1. The van der Waals surface area contributed by atoms with Gasteiger partial charge in [0.2, 0.25) is 5.96 Å². The summed E-state index contributed by atoms with van der Waals surface area (Å²) < 4.78 is 0. The lowest BCUT2D eigenvalue weighted by atomic mass is 9.98. The number of carbonyl (C=O) groups excluding carboxylic acids is 1. The van der Waals surface area contributed by atoms with Crippen LogP contribution in [-0.2, 0) is 17.9 Å². The maximum absolute atomic E-state index is 13.7. The molecular formula is C27H30N4O. The van der Waals surface area contributed by atoms with Crippen molar-refractivity contribution in [1.82, 2.24) is 14.7 Å². The highest BCUT2D eigenvalue weighted by atomic mass is 16.2. The SMILES string of the molecule is C=C1CN=C2N(Cc3ccc(C)cc3)C(=O)C3=C(CCN(Cc4ccc(C)cc4)C3)N2C1. The summed E-state index contributed by atoms with van der Waals surface area (Å²) in [6, 6.07) is 17.1. The Labute approximate surface area is 190 Å². The highest BCUT2D eigenvalue weighted by Crippen LogP contribution is 2.32. The van der Waals surface area contributed by atoms with E-state index in [1.54, 1.807) is 0 Å². The summed E-state index contributed by atoms with van der Waals surface area (Å²) in [4.78, 5) is 25.0. The summed E-state index contributed by atoms with van der Waals surface area (Å²) in [6.07, 6.45) is 0.859. The van der Waals surface area contributed by atoms with Crippen molar-refractivity contribution in [3.63, 3.8) is 0 Å². The minimum Gasteiger partial charge on any atom is -0.311 e. The first-order valence-electron chi connectivity index (χ1n) is 11.3. The minimum atomic E-state index is 0.0942. The summed E-state index contributed by atoms with van der Waals surface area (Å²) in [5, 5.41) is 0. The van der Waals surface area contributed by atoms with E-state index in [4.69, 9.17) is 4.99 Å². The van der Waals surface area contributed by atoms with Crippen molar-refractivity contribution in [3.05, 3.63) is 94.2 Å². The monoisotopic (exact) mass is 426 g/mol. The smallest absolute Gasteiger partial charge is 0.259 e. The summed E-state index contributed by atoms with van der Waals surface area (Å²) in [6.45, 7) is 12.7. The molecule has 164 valence electrons. The first-order valence-corrected chi connectivity index (χ1v) is 11.3. The Morgan fingerprint density at radius 2 is 1.53 bits per heavy atom. The van der Waals surface area contributed by atoms with Crippen LogP contribution >= 0.6 is 0 Å². The van der Waals surface area contributed by atoms with E-state index in [1.165, 1.54) is 16.7 Å². The molecule has 0 saturated heterocycles. The topological polar surface area (TPSA) is 39.2 Å². The summed E-state index contributed by atoms with van der Waals surface area (Å²) in [7, 11) is 0. The number of rotatable bonds is 4. The van der Waals surface area contributed by atoms with Gasteiger partial charge in [0.25, 0.3) is 5.91 Å². The van der Waals surface area contributed by atoms with Crippen LogP contribution in [0.1, 0.15) is 28.7 Å². The van der Waals surface area contributed by atoms with E-state index >= 15 is 0 Å². The molecule has 3 heterocycles. The normalized spacial score (nSPS) is 19.1. The molecule has 0 fully saturated rings. The van der Waals surface area contributed by atoms with Gasteiger partial charge in [-0.05, 0) is 30.5 Å². The fourth-order valence-electron chi connectivity index (χ4n) is 4.72. The highest BCUT2D eigenvalue weighted by molar-refractivity contribution is 6.09. The largest absolute Gasteiger partial charge is 0.311 e. The van der Waals surface area contributed by atoms with Gasteiger partial charge in [-0.15, -0.1) is 0 Å². The standard InChI is InChI=1S/C27H30N4O/c1-19-4-8-22(9-5-19)16-29-13-12-25-24(18-29)26(32)31(17-23-10-6-20(2)7-11-23)27-28-14-21(3)15-30(25)27/h4-11H,3,12-18H2,1-2H3. The highest BCUT2D eigenvalue weighted by Gasteiger charge is 2.40. The van der Waals surface area contributed by atoms with Gasteiger partial charge >= 0.3 is 0 Å². The van der Waals surface area contributed by atoms with Gasteiger partial charge in [0.15, 0.2) is 0 Å². The second-order valence-corrected chi connectivity index (χ2v) is 9.20. The second kappa shape index (κ2) is 8.40. The van der Waals surface area contributed by atoms with E-state index in [1.807, 2.05) is 4.90 Å². The molecule has 2 aromatic carbocycles. The van der Waals surface area contributed by atoms with Gasteiger partial charge in [-0.25, -0.2) is 4.99 Å². The molecule has 5 heteroatoms. The molecule has 3 aliphatic rings. The van der Waals surface area contributed by atoms with Crippen molar-refractivity contribution in [2.75, 3.05) is 26.2 Å². The zero-order valence-corrected chi connectivity index (χ0v) is 19.0. The van der Waals surface area contributed by atoms with Crippen molar-refractivity contribution >= 4 is 11.9 Å². The number of nitrogens with zero attached hydrogens (tertiary/aromatic N) is 4. The van der Waals surface area contributed by atoms with Crippen molar-refractivity contribution in [2.45, 2.75) is 33.4 Å². The number of hydrogen-bond donors (Lipinski definition) is 0. The lowest BCUT2D eigenvalue weighted by Gasteiger charge is -2.45. The summed E-state index contributed by atoms with van der Waals surface area (Å²) in [5.41, 5.74) is 8.02. The van der Waals surface area contributed by atoms with Crippen LogP contribution in [0.15, 0.2) is 76.9 Å². The molecule has 0 saturated carbocycles. The molecular weight excluding hydrogens is 396 g/mol. The molecule has 0 unspecified atom stereocenters. The molecule has 0 atom stereocenters. The van der Waals surface area contributed by atoms with E-state index in [-0.39, 0.29) is 5.91 Å². The van der Waals surface area contributed by atoms with Gasteiger partial charge in [0, 0.05) is 38.3 Å². The van der Waals surface area contributed by atoms with Gasteiger partial charge in [-0.1, -0.05) is 66.2 Å². The molecule has 0 aromatic heterocycles.